The molecule has 3 heterocycles. The quantitative estimate of drug-likeness (QED) is 0.355. The molecule has 1 saturated heterocycles. The van der Waals surface area contributed by atoms with E-state index in [2.05, 4.69) is 15.3 Å². The van der Waals surface area contributed by atoms with Crippen molar-refractivity contribution in [3.05, 3.63) is 23.9 Å². The van der Waals surface area contributed by atoms with E-state index >= 15 is 8.78 Å². The number of hydrogen-bond acceptors (Lipinski definition) is 9. The zero-order valence-corrected chi connectivity index (χ0v) is 29.8. The standard InChI is InChI=1S/C36H50F2N4O7/c1-9-23-26-18-42(27(23)32(44)47-19-20(2)3)31(43)29(34(4,5)6)41-33(45)49-35(7)17-21(35)12-10-11-15-36(37,38)28-30(48-26)40-25-16-22(46-8)13-14-24(25)39-28/h13-14,16,20-21,23,26-27,29H,9-12,15,17-19H2,1-8H3,(H,41,45). The number of fused-ring (bicyclic) bond motifs is 5. The van der Waals surface area contributed by atoms with E-state index in [0.29, 0.717) is 36.9 Å². The second-order valence-corrected chi connectivity index (χ2v) is 15.4. The van der Waals surface area contributed by atoms with Crippen LogP contribution in [0.5, 0.6) is 11.6 Å². The van der Waals surface area contributed by atoms with Crippen molar-refractivity contribution in [2.75, 3.05) is 20.3 Å². The Bertz CT molecular complexity index is 1560. The summed E-state index contributed by atoms with van der Waals surface area (Å²) in [4.78, 5) is 51.8. The predicted molar refractivity (Wildman–Crippen MR) is 177 cm³/mol. The number of nitrogens with zero attached hydrogens (tertiary/aromatic N) is 3. The highest BCUT2D eigenvalue weighted by Gasteiger charge is 2.55. The van der Waals surface area contributed by atoms with E-state index in [0.717, 1.165) is 0 Å². The number of amides is 2. The number of alkyl halides is 2. The first-order valence-electron chi connectivity index (χ1n) is 17.3. The zero-order valence-electron chi connectivity index (χ0n) is 29.8. The van der Waals surface area contributed by atoms with E-state index in [9.17, 15) is 14.4 Å². The Labute approximate surface area is 286 Å². The molecule has 1 aromatic carbocycles. The number of benzene rings is 1. The molecule has 1 aliphatic carbocycles. The van der Waals surface area contributed by atoms with Crippen LogP contribution >= 0.6 is 0 Å². The highest BCUT2D eigenvalue weighted by molar-refractivity contribution is 5.91. The first kappa shape index (κ1) is 36.5. The number of ether oxygens (including phenoxy) is 4. The van der Waals surface area contributed by atoms with E-state index in [4.69, 9.17) is 18.9 Å². The molecule has 6 unspecified atom stereocenters. The molecule has 1 N–H and O–H groups in total. The minimum absolute atomic E-state index is 0.00800. The van der Waals surface area contributed by atoms with Crippen molar-refractivity contribution in [2.24, 2.45) is 23.2 Å². The van der Waals surface area contributed by atoms with Crippen molar-refractivity contribution in [3.63, 3.8) is 0 Å². The number of carbonyl (C=O) groups excluding carboxylic acids is 3. The number of nitrogens with one attached hydrogen (secondary N) is 1. The Morgan fingerprint density at radius 1 is 1.16 bits per heavy atom. The topological polar surface area (TPSA) is 129 Å². The molecule has 2 aromatic rings. The third kappa shape index (κ3) is 7.85. The van der Waals surface area contributed by atoms with Crippen molar-refractivity contribution in [3.8, 4) is 11.6 Å². The highest BCUT2D eigenvalue weighted by atomic mass is 19.3. The summed E-state index contributed by atoms with van der Waals surface area (Å²) in [5.41, 5.74) is -1.59. The van der Waals surface area contributed by atoms with Gasteiger partial charge in [-0.05, 0) is 56.1 Å². The fourth-order valence-electron chi connectivity index (χ4n) is 6.95. The third-order valence-electron chi connectivity index (χ3n) is 9.95. The summed E-state index contributed by atoms with van der Waals surface area (Å²) in [5.74, 6) is -5.05. The number of halogens is 2. The molecule has 6 atom stereocenters. The van der Waals surface area contributed by atoms with Crippen molar-refractivity contribution in [2.45, 2.75) is 117 Å². The van der Waals surface area contributed by atoms with Crippen LogP contribution in [0.15, 0.2) is 18.2 Å². The molecule has 5 rings (SSSR count). The van der Waals surface area contributed by atoms with E-state index in [1.807, 2.05) is 48.5 Å². The van der Waals surface area contributed by atoms with E-state index < -0.39 is 71.1 Å². The van der Waals surface area contributed by atoms with Crippen LogP contribution in [0.2, 0.25) is 0 Å². The lowest BCUT2D eigenvalue weighted by molar-refractivity contribution is -0.157. The van der Waals surface area contributed by atoms with Crippen molar-refractivity contribution < 1.29 is 42.1 Å². The molecular weight excluding hydrogens is 638 g/mol. The van der Waals surface area contributed by atoms with Crippen LogP contribution in [0, 0.1) is 23.2 Å². The van der Waals surface area contributed by atoms with Gasteiger partial charge in [0.05, 0.1) is 31.3 Å². The molecule has 1 aromatic heterocycles. The monoisotopic (exact) mass is 688 g/mol. The maximum atomic E-state index is 16.2. The third-order valence-corrected chi connectivity index (χ3v) is 9.95. The molecule has 13 heteroatoms. The molecule has 0 radical (unpaired) electrons. The van der Waals surface area contributed by atoms with Crippen molar-refractivity contribution in [1.29, 1.82) is 0 Å². The smallest absolute Gasteiger partial charge is 0.408 e. The first-order chi connectivity index (χ1) is 23.0. The van der Waals surface area contributed by atoms with Gasteiger partial charge >= 0.3 is 12.1 Å². The van der Waals surface area contributed by atoms with Crippen LogP contribution in [-0.4, -0.2) is 76.9 Å². The fraction of sp³-hybridized carbons (Fsp3) is 0.694. The number of methoxy groups -OCH3 is 1. The fourth-order valence-corrected chi connectivity index (χ4v) is 6.95. The summed E-state index contributed by atoms with van der Waals surface area (Å²) in [6, 6.07) is 2.61. The van der Waals surface area contributed by atoms with Crippen LogP contribution in [0.1, 0.15) is 92.7 Å². The number of hydrogen-bond donors (Lipinski definition) is 1. The number of carbonyl (C=O) groups is 3. The molecule has 2 bridgehead atoms. The maximum Gasteiger partial charge on any atom is 0.408 e. The van der Waals surface area contributed by atoms with Gasteiger partial charge in [0.1, 0.15) is 29.5 Å². The minimum atomic E-state index is -3.39. The van der Waals surface area contributed by atoms with Crippen molar-refractivity contribution in [1.82, 2.24) is 20.2 Å². The average molecular weight is 689 g/mol. The number of alkyl carbamates (subject to hydrolysis) is 1. The van der Waals surface area contributed by atoms with E-state index in [1.54, 1.807) is 18.2 Å². The number of rotatable bonds is 5. The Balaban J connectivity index is 1.62. The zero-order chi connectivity index (χ0) is 35.9. The van der Waals surface area contributed by atoms with Gasteiger partial charge in [0.15, 0.2) is 5.69 Å². The summed E-state index contributed by atoms with van der Waals surface area (Å²) in [6.07, 6.45) is 0.0898. The molecule has 2 amide bonds. The Morgan fingerprint density at radius 3 is 2.55 bits per heavy atom. The van der Waals surface area contributed by atoms with Gasteiger partial charge in [-0.1, -0.05) is 48.0 Å². The maximum absolute atomic E-state index is 16.2. The molecule has 270 valence electrons. The van der Waals surface area contributed by atoms with Gasteiger partial charge in [-0.25, -0.2) is 19.6 Å². The summed E-state index contributed by atoms with van der Waals surface area (Å²) >= 11 is 0. The van der Waals surface area contributed by atoms with Gasteiger partial charge in [-0.2, -0.15) is 8.78 Å². The summed E-state index contributed by atoms with van der Waals surface area (Å²) in [7, 11) is 1.49. The average Bonchev–Trinajstić information content (AvgIpc) is 3.51. The molecule has 2 fully saturated rings. The molecule has 49 heavy (non-hydrogen) atoms. The van der Waals surface area contributed by atoms with Gasteiger partial charge in [0.25, 0.3) is 5.92 Å². The molecule has 11 nitrogen and oxygen atoms in total. The number of aromatic nitrogens is 2. The van der Waals surface area contributed by atoms with E-state index in [-0.39, 0.29) is 42.8 Å². The Morgan fingerprint density at radius 2 is 1.90 bits per heavy atom. The summed E-state index contributed by atoms with van der Waals surface area (Å²) < 4.78 is 55.5. The van der Waals surface area contributed by atoms with E-state index in [1.165, 1.54) is 12.0 Å². The van der Waals surface area contributed by atoms with Gasteiger partial charge in [0, 0.05) is 24.3 Å². The normalized spacial score (nSPS) is 29.1. The van der Waals surface area contributed by atoms with Crippen LogP contribution in [0.25, 0.3) is 11.0 Å². The van der Waals surface area contributed by atoms with Gasteiger partial charge in [0.2, 0.25) is 11.8 Å². The molecule has 1 saturated carbocycles. The minimum Gasteiger partial charge on any atom is -0.497 e. The summed E-state index contributed by atoms with van der Waals surface area (Å²) in [6.45, 7) is 12.9. The van der Waals surface area contributed by atoms with Crippen LogP contribution < -0.4 is 14.8 Å². The molecule has 0 spiro atoms. The van der Waals surface area contributed by atoms with Crippen LogP contribution in [0.4, 0.5) is 13.6 Å². The van der Waals surface area contributed by atoms with Gasteiger partial charge < -0.3 is 29.2 Å². The second kappa shape index (κ2) is 13.9. The Kier molecular flexibility index (Phi) is 10.3. The number of esters is 1. The molecular formula is C36H50F2N4O7. The Hall–Kier alpha value is -3.77. The van der Waals surface area contributed by atoms with Crippen LogP contribution in [-0.2, 0) is 25.0 Å². The van der Waals surface area contributed by atoms with Gasteiger partial charge in [-0.3, -0.25) is 4.79 Å². The van der Waals surface area contributed by atoms with Crippen LogP contribution in [0.3, 0.4) is 0 Å². The lowest BCUT2D eigenvalue weighted by Crippen LogP contribution is -2.57. The second-order valence-electron chi connectivity index (χ2n) is 15.4. The molecule has 2 aliphatic heterocycles. The van der Waals surface area contributed by atoms with Gasteiger partial charge in [-0.15, -0.1) is 0 Å². The lowest BCUT2D eigenvalue weighted by atomic mass is 9.85. The van der Waals surface area contributed by atoms with Crippen molar-refractivity contribution >= 4 is 29.0 Å². The SMILES string of the molecule is CCC1C2CN(C(=O)C(C(C)(C)C)NC(=O)OC3(C)CC3CCCCC(F)(F)c3nc4ccc(OC)cc4nc3O2)C1C(=O)OCC(C)C. The largest absolute Gasteiger partial charge is 0.497 e. The predicted octanol–water partition coefficient (Wildman–Crippen LogP) is 6.41. The lowest BCUT2D eigenvalue weighted by Gasteiger charge is -2.35. The first-order valence-corrected chi connectivity index (χ1v) is 17.3. The molecule has 3 aliphatic rings. The summed E-state index contributed by atoms with van der Waals surface area (Å²) in [5, 5.41) is 2.80. The highest BCUT2D eigenvalue weighted by Crippen LogP contribution is 2.50.